The molecule has 0 aliphatic heterocycles. The normalized spacial score (nSPS) is 9.29. The van der Waals surface area contributed by atoms with Gasteiger partial charge in [-0.1, -0.05) is 0 Å². The SMILES string of the molecule is O=c1nc(Cl)ss1. The highest BCUT2D eigenvalue weighted by molar-refractivity contribution is 7.69. The Balaban J connectivity index is 3.30. The van der Waals surface area contributed by atoms with Gasteiger partial charge in [0.25, 0.3) is 0 Å². The number of hydrogen-bond acceptors (Lipinski definition) is 4. The predicted octanol–water partition coefficient (Wildman–Crippen LogP) is 1.22. The molecule has 0 radical (unpaired) electrons. The molecule has 2 nitrogen and oxygen atoms in total. The van der Waals surface area contributed by atoms with Crippen molar-refractivity contribution in [3.05, 3.63) is 14.1 Å². The molecule has 1 aromatic rings. The average Bonchev–Trinajstić information content (AvgIpc) is 1.87. The standard InChI is InChI=1S/C2ClNOS2/c3-1-4-2(5)7-6-1. The lowest BCUT2D eigenvalue weighted by atomic mass is 11.4. The zero-order valence-electron chi connectivity index (χ0n) is 3.05. The van der Waals surface area contributed by atoms with Gasteiger partial charge in [0, 0.05) is 0 Å². The molecule has 7 heavy (non-hydrogen) atoms. The molecule has 5 heteroatoms. The Labute approximate surface area is 51.8 Å². The Kier molecular flexibility index (Phi) is 1.41. The zero-order chi connectivity index (χ0) is 5.28. The fourth-order valence-electron chi connectivity index (χ4n) is 0.179. The molecule has 0 spiro atoms. The van der Waals surface area contributed by atoms with Gasteiger partial charge in [0.1, 0.15) is 0 Å². The van der Waals surface area contributed by atoms with Crippen molar-refractivity contribution in [1.29, 1.82) is 0 Å². The van der Waals surface area contributed by atoms with Gasteiger partial charge in [0.05, 0.1) is 0 Å². The van der Waals surface area contributed by atoms with E-state index >= 15 is 0 Å². The molecule has 0 saturated heterocycles. The fraction of sp³-hybridized carbons (Fsp3) is 0. The maximum absolute atomic E-state index is 10.1. The van der Waals surface area contributed by atoms with Crippen LogP contribution in [-0.2, 0) is 0 Å². The predicted molar refractivity (Wildman–Crippen MR) is 31.3 cm³/mol. The van der Waals surface area contributed by atoms with Crippen molar-refractivity contribution in [3.63, 3.8) is 0 Å². The van der Waals surface area contributed by atoms with Crippen LogP contribution >= 0.6 is 32.3 Å². The van der Waals surface area contributed by atoms with Crippen molar-refractivity contribution in [2.45, 2.75) is 0 Å². The molecule has 0 saturated carbocycles. The van der Waals surface area contributed by atoms with Crippen LogP contribution in [0.4, 0.5) is 0 Å². The van der Waals surface area contributed by atoms with Crippen molar-refractivity contribution in [2.24, 2.45) is 0 Å². The fourth-order valence-corrected chi connectivity index (χ4v) is 1.68. The van der Waals surface area contributed by atoms with Gasteiger partial charge in [-0.25, -0.2) is 0 Å². The van der Waals surface area contributed by atoms with Gasteiger partial charge >= 0.3 is 4.87 Å². The summed E-state index contributed by atoms with van der Waals surface area (Å²) in [6, 6.07) is 0. The lowest BCUT2D eigenvalue weighted by molar-refractivity contribution is 1.36. The molecule has 0 unspecified atom stereocenters. The first-order valence-corrected chi connectivity index (χ1v) is 3.94. The third-order valence-electron chi connectivity index (χ3n) is 0.361. The molecule has 1 rings (SSSR count). The van der Waals surface area contributed by atoms with Gasteiger partial charge < -0.3 is 0 Å². The maximum Gasteiger partial charge on any atom is 0.338 e. The van der Waals surface area contributed by atoms with Crippen molar-refractivity contribution < 1.29 is 0 Å². The minimum Gasteiger partial charge on any atom is -0.254 e. The van der Waals surface area contributed by atoms with Crippen LogP contribution in [0.15, 0.2) is 4.79 Å². The largest absolute Gasteiger partial charge is 0.338 e. The first-order valence-electron chi connectivity index (χ1n) is 1.42. The Morgan fingerprint density at radius 2 is 2.29 bits per heavy atom. The van der Waals surface area contributed by atoms with Crippen molar-refractivity contribution in [1.82, 2.24) is 4.98 Å². The highest BCUT2D eigenvalue weighted by atomic mass is 35.5. The van der Waals surface area contributed by atoms with Gasteiger partial charge in [0.2, 0.25) is 0 Å². The van der Waals surface area contributed by atoms with Crippen molar-refractivity contribution >= 4 is 32.3 Å². The van der Waals surface area contributed by atoms with Crippen LogP contribution in [0, 0.1) is 0 Å². The van der Waals surface area contributed by atoms with E-state index in [-0.39, 0.29) is 4.87 Å². The number of hydrogen-bond donors (Lipinski definition) is 0. The summed E-state index contributed by atoms with van der Waals surface area (Å²) in [6.07, 6.45) is 0. The number of nitrogens with zero attached hydrogens (tertiary/aromatic N) is 1. The summed E-state index contributed by atoms with van der Waals surface area (Å²) < 4.78 is 0.329. The topological polar surface area (TPSA) is 30.0 Å². The van der Waals surface area contributed by atoms with Crippen LogP contribution in [0.25, 0.3) is 0 Å². The van der Waals surface area contributed by atoms with Gasteiger partial charge in [-0.15, -0.1) is 0 Å². The minimum absolute atomic E-state index is 0.213. The highest BCUT2D eigenvalue weighted by Crippen LogP contribution is 2.11. The Morgan fingerprint density at radius 3 is 2.43 bits per heavy atom. The monoisotopic (exact) mass is 153 g/mol. The molecule has 38 valence electrons. The second kappa shape index (κ2) is 1.90. The smallest absolute Gasteiger partial charge is 0.254 e. The van der Waals surface area contributed by atoms with E-state index in [0.29, 0.717) is 4.47 Å². The van der Waals surface area contributed by atoms with Gasteiger partial charge in [0.15, 0.2) is 4.47 Å². The van der Waals surface area contributed by atoms with E-state index in [2.05, 4.69) is 4.98 Å². The van der Waals surface area contributed by atoms with E-state index in [1.807, 2.05) is 0 Å². The van der Waals surface area contributed by atoms with Crippen molar-refractivity contribution in [3.8, 4) is 0 Å². The lowest BCUT2D eigenvalue weighted by Crippen LogP contribution is -1.89. The molecule has 0 amide bonds. The van der Waals surface area contributed by atoms with Gasteiger partial charge in [-0.05, 0) is 32.3 Å². The molecule has 0 aliphatic carbocycles. The van der Waals surface area contributed by atoms with E-state index in [1.54, 1.807) is 0 Å². The first-order chi connectivity index (χ1) is 3.29. The summed E-state index contributed by atoms with van der Waals surface area (Å²) in [5.41, 5.74) is 0. The third kappa shape index (κ3) is 1.22. The van der Waals surface area contributed by atoms with E-state index in [4.69, 9.17) is 11.6 Å². The van der Waals surface area contributed by atoms with Crippen LogP contribution in [0.3, 0.4) is 0 Å². The molecule has 0 bridgehead atoms. The summed E-state index contributed by atoms with van der Waals surface area (Å²) in [5.74, 6) is 0. The number of rotatable bonds is 0. The summed E-state index contributed by atoms with van der Waals surface area (Å²) in [7, 11) is 2.24. The Bertz CT molecular complexity index is 203. The van der Waals surface area contributed by atoms with E-state index in [0.717, 1.165) is 10.3 Å². The summed E-state index contributed by atoms with van der Waals surface area (Å²) >= 11 is 5.28. The maximum atomic E-state index is 10.1. The van der Waals surface area contributed by atoms with Crippen molar-refractivity contribution in [2.75, 3.05) is 0 Å². The summed E-state index contributed by atoms with van der Waals surface area (Å²) in [5, 5.41) is 0. The number of halogens is 1. The molecule has 0 aromatic carbocycles. The van der Waals surface area contributed by atoms with E-state index < -0.39 is 0 Å². The van der Waals surface area contributed by atoms with Gasteiger partial charge in [-0.2, -0.15) is 4.98 Å². The quantitative estimate of drug-likeness (QED) is 0.525. The average molecular weight is 154 g/mol. The minimum atomic E-state index is -0.213. The van der Waals surface area contributed by atoms with E-state index in [1.165, 1.54) is 10.3 Å². The summed E-state index contributed by atoms with van der Waals surface area (Å²) in [6.45, 7) is 0. The number of aromatic nitrogens is 1. The second-order valence-corrected chi connectivity index (χ2v) is 3.45. The van der Waals surface area contributed by atoms with Crippen LogP contribution in [-0.4, -0.2) is 4.98 Å². The highest BCUT2D eigenvalue weighted by Gasteiger charge is 1.90. The molecule has 0 atom stereocenters. The molecule has 0 fully saturated rings. The second-order valence-electron chi connectivity index (χ2n) is 0.797. The van der Waals surface area contributed by atoms with Crippen LogP contribution in [0.5, 0.6) is 0 Å². The Hall–Kier alpha value is 0.0700. The Morgan fingerprint density at radius 1 is 1.57 bits per heavy atom. The van der Waals surface area contributed by atoms with Crippen LogP contribution < -0.4 is 4.87 Å². The third-order valence-corrected chi connectivity index (χ3v) is 2.65. The summed E-state index contributed by atoms with van der Waals surface area (Å²) in [4.78, 5) is 13.3. The molecule has 0 N–H and O–H groups in total. The lowest BCUT2D eigenvalue weighted by Gasteiger charge is -1.58. The molecular formula is C2ClNOS2. The van der Waals surface area contributed by atoms with Gasteiger partial charge in [-0.3, -0.25) is 4.79 Å². The molecule has 1 aromatic heterocycles. The van der Waals surface area contributed by atoms with Crippen LogP contribution in [0.2, 0.25) is 4.47 Å². The zero-order valence-corrected chi connectivity index (χ0v) is 5.44. The first kappa shape index (κ1) is 5.21. The van der Waals surface area contributed by atoms with E-state index in [9.17, 15) is 4.79 Å². The molecule has 1 heterocycles. The van der Waals surface area contributed by atoms with Crippen LogP contribution in [0.1, 0.15) is 0 Å². The molecular weight excluding hydrogens is 154 g/mol. The molecule has 0 aliphatic rings.